The van der Waals surface area contributed by atoms with Crippen molar-refractivity contribution in [2.24, 2.45) is 0 Å². The molecule has 0 spiro atoms. The summed E-state index contributed by atoms with van der Waals surface area (Å²) >= 11 is 11.5. The molecular weight excluding hydrogens is 2190 g/mol. The number of benzene rings is 8. The summed E-state index contributed by atoms with van der Waals surface area (Å²) in [5, 5.41) is 5.21. The third-order valence-corrected chi connectivity index (χ3v) is 55.1. The zero-order chi connectivity index (χ0) is 100. The van der Waals surface area contributed by atoms with E-state index in [0.717, 1.165) is 101 Å². The molecule has 0 N–H and O–H groups in total. The summed E-state index contributed by atoms with van der Waals surface area (Å²) in [5.74, 6) is 0. The van der Waals surface area contributed by atoms with E-state index in [-0.39, 0.29) is 7.43 Å². The fraction of sp³-hybridized carbons (Fsp3) is 0.473. The number of unbranched alkanes of at least 4 members (excludes halogenated alkanes) is 40. The Labute approximate surface area is 911 Å². The van der Waals surface area contributed by atoms with Crippen LogP contribution in [0.2, 0.25) is 29.6 Å². The van der Waals surface area contributed by atoms with Crippen LogP contribution in [0.15, 0.2) is 203 Å². The summed E-state index contributed by atoms with van der Waals surface area (Å²) in [4.78, 5) is 39.8. The van der Waals surface area contributed by atoms with E-state index in [4.69, 9.17) is 19.9 Å². The molecule has 8 nitrogen and oxygen atoms in total. The first-order chi connectivity index (χ1) is 70.3. The number of aryl methyl sites for hydroxylation is 6. The summed E-state index contributed by atoms with van der Waals surface area (Å²) in [7, 11) is 0. The van der Waals surface area contributed by atoms with Crippen molar-refractivity contribution in [1.29, 1.82) is 0 Å². The van der Waals surface area contributed by atoms with E-state index in [2.05, 4.69) is 320 Å². The molecule has 10 heterocycles. The van der Waals surface area contributed by atoms with Gasteiger partial charge in [-0.25, -0.2) is 19.9 Å². The largest absolute Gasteiger partial charge is 0.340 e. The number of para-hydroxylation sites is 2. The zero-order valence-corrected chi connectivity index (χ0v) is 102. The Morgan fingerprint density at radius 3 is 0.910 bits per heavy atom. The number of hydrogen-bond donors (Lipinski definition) is 0. The second kappa shape index (κ2) is 55.9. The first-order valence-corrected chi connectivity index (χ1v) is 81.3. The van der Waals surface area contributed by atoms with Gasteiger partial charge in [-0.3, -0.25) is 0 Å². The predicted octanol–water partition coefficient (Wildman–Crippen LogP) is 43.1. The van der Waals surface area contributed by atoms with Gasteiger partial charge in [0.25, 0.3) is 0 Å². The molecular formula is C129H168Br2N8S4Sn2. The summed E-state index contributed by atoms with van der Waals surface area (Å²) in [5.41, 5.74) is 25.0. The standard InChI is InChI=1S/C62H76N4S2.C32H27Br2N3.C28H43NS2.CH4.6CH3.2Sn/c1-5-7-9-11-12-13-14-15-16-17-18-19-20-21-22-23-24-31-41-66-54-42-46(4)67-61(54)62-55(66)44-56(68-62)51-38-36-45(3)57-60(51)64-58(47-32-26-25-27-33-47)59(63-57)48-37-39-50-49-34-28-29-35-52(49)65(53(50)43-48)40-30-10-8-6-2;1-2-3-4-10-19-37-27-14-9-8-13-23(27)24-16-15-22(20-28(24)37)30-29(21-11-6-5-7-12-21)35-31-25(33)17-18-26(34)32(31)36-30;1-2-3-4-5-6-7-8-9-10-11-12-13-14-15-16-17-18-19-22-29-25-20-23-30-27(25)28-26(29)21-24-31-28;;;;;;;;;/h25-29,32-39,42-44H,5-24,30-31,40-41H2,1-4H3;5-9,11-18,20H,2-4,10,19H2,1H3;20-21H,2-19,22H2,1H3;1H4;6*1H3;;. The van der Waals surface area contributed by atoms with Crippen molar-refractivity contribution >= 4 is 226 Å². The molecule has 18 rings (SSSR count). The van der Waals surface area contributed by atoms with Crippen molar-refractivity contribution in [3.05, 3.63) is 214 Å². The second-order valence-electron chi connectivity index (χ2n) is 43.7. The van der Waals surface area contributed by atoms with E-state index in [1.807, 2.05) is 40.9 Å². The predicted molar refractivity (Wildman–Crippen MR) is 660 cm³/mol. The molecule has 145 heavy (non-hydrogen) atoms. The Morgan fingerprint density at radius 1 is 0.248 bits per heavy atom. The molecule has 8 aromatic carbocycles. The molecule has 18 aromatic rings. The van der Waals surface area contributed by atoms with Gasteiger partial charge in [0, 0.05) is 110 Å². The minimum Gasteiger partial charge on any atom is -0.340 e. The van der Waals surface area contributed by atoms with Crippen molar-refractivity contribution in [3.8, 4) is 55.5 Å². The number of fused-ring (bicyclic) bond motifs is 14. The molecule has 0 saturated carbocycles. The van der Waals surface area contributed by atoms with Gasteiger partial charge in [0.05, 0.1) is 54.2 Å². The number of hydrogen-bond acceptors (Lipinski definition) is 8. The first-order valence-electron chi connectivity index (χ1n) is 56.5. The quantitative estimate of drug-likeness (QED) is 0.0281. The van der Waals surface area contributed by atoms with E-state index in [1.54, 1.807) is 26.2 Å². The van der Waals surface area contributed by atoms with Crippen LogP contribution >= 0.6 is 77.2 Å². The number of thiophene rings is 4. The number of rotatable bonds is 55. The van der Waals surface area contributed by atoms with Gasteiger partial charge in [0.2, 0.25) is 0 Å². The van der Waals surface area contributed by atoms with Gasteiger partial charge in [-0.05, 0) is 119 Å². The van der Waals surface area contributed by atoms with Crippen LogP contribution in [0.4, 0.5) is 0 Å². The van der Waals surface area contributed by atoms with Crippen LogP contribution < -0.4 is 5.79 Å². The van der Waals surface area contributed by atoms with Gasteiger partial charge in [-0.2, -0.15) is 0 Å². The maximum absolute atomic E-state index is 5.68. The van der Waals surface area contributed by atoms with Crippen molar-refractivity contribution in [3.63, 3.8) is 0 Å². The molecule has 0 aliphatic carbocycles. The van der Waals surface area contributed by atoms with Crippen LogP contribution in [0.1, 0.15) is 328 Å². The molecule has 0 fully saturated rings. The monoisotopic (exact) mass is 2350 g/mol. The molecule has 0 bridgehead atoms. The molecule has 0 saturated heterocycles. The van der Waals surface area contributed by atoms with Gasteiger partial charge in [-0.1, -0.05) is 387 Å². The van der Waals surface area contributed by atoms with Crippen LogP contribution in [0, 0.1) is 13.8 Å². The van der Waals surface area contributed by atoms with Crippen molar-refractivity contribution < 1.29 is 0 Å². The van der Waals surface area contributed by atoms with Crippen LogP contribution in [0.5, 0.6) is 0 Å². The topological polar surface area (TPSA) is 71.3 Å². The van der Waals surface area contributed by atoms with E-state index in [0.29, 0.717) is 0 Å². The van der Waals surface area contributed by atoms with E-state index < -0.39 is 36.8 Å². The fourth-order valence-corrected chi connectivity index (χ4v) is 37.9. The molecule has 0 amide bonds. The van der Waals surface area contributed by atoms with Gasteiger partial charge >= 0.3 is 183 Å². The first kappa shape index (κ1) is 112. The Balaban J connectivity index is 0.000000175. The van der Waals surface area contributed by atoms with Gasteiger partial charge < -0.3 is 13.7 Å². The van der Waals surface area contributed by atoms with Crippen LogP contribution in [0.3, 0.4) is 0 Å². The van der Waals surface area contributed by atoms with Crippen molar-refractivity contribution in [2.75, 3.05) is 0 Å². The molecule has 10 aromatic heterocycles. The van der Waals surface area contributed by atoms with Gasteiger partial charge in [0.1, 0.15) is 11.0 Å². The third-order valence-electron chi connectivity index (χ3n) is 30.2. The van der Waals surface area contributed by atoms with Crippen LogP contribution in [-0.2, 0) is 26.2 Å². The summed E-state index contributed by atoms with van der Waals surface area (Å²) in [6.45, 7) is 17.9. The van der Waals surface area contributed by atoms with E-state index in [1.165, 1.54) is 368 Å². The molecule has 0 aliphatic heterocycles. The average molecular weight is 2360 g/mol. The molecule has 770 valence electrons. The third kappa shape index (κ3) is 28.7. The van der Waals surface area contributed by atoms with Crippen LogP contribution in [0.25, 0.3) is 162 Å². The molecule has 16 heteroatoms. The van der Waals surface area contributed by atoms with Crippen molar-refractivity contribution in [1.82, 2.24) is 38.2 Å². The zero-order valence-electron chi connectivity index (χ0n) is 89.4. The molecule has 0 radical (unpaired) electrons. The van der Waals surface area contributed by atoms with E-state index in [9.17, 15) is 0 Å². The van der Waals surface area contributed by atoms with E-state index >= 15 is 0 Å². The van der Waals surface area contributed by atoms with Gasteiger partial charge in [-0.15, -0.1) is 22.7 Å². The van der Waals surface area contributed by atoms with Crippen molar-refractivity contribution in [2.45, 2.75) is 387 Å². The number of aromatic nitrogens is 8. The minimum atomic E-state index is -2.05. The molecule has 0 aliphatic rings. The second-order valence-corrected chi connectivity index (χ2v) is 80.7. The Hall–Kier alpha value is -7.00. The fourth-order valence-electron chi connectivity index (χ4n) is 21.9. The minimum absolute atomic E-state index is 0. The smallest absolute Gasteiger partial charge is 0.105 e. The molecule has 0 atom stereocenters. The maximum Gasteiger partial charge on any atom is 0.105 e. The SMILES string of the molecule is C.CCCCCCCCCCCCCCCCCCCCn1c2c[c]([Sn]([CH3])([CH3])[CH3])sc2c2s[c]([Sn]([CH3])([CH3])[CH3])cc21.CCCCCCCCCCCCCCCCCCCCn1c2cc(C)sc2c2sc(-c3ccc(C)c4nc(-c5ccc6c7ccccc7n(CCCCCC)c6c5)c(-c5ccccc5)nc34)cc21.CCCCCCn1c2ccccc2c2ccc(-c3nc4c(Br)ccc(Br)c4nc3-c3ccccc3)cc21. The Morgan fingerprint density at radius 2 is 0.538 bits per heavy atom. The van der Waals surface area contributed by atoms with Gasteiger partial charge in [0.15, 0.2) is 0 Å². The number of nitrogens with zero attached hydrogens (tertiary/aromatic N) is 8. The van der Waals surface area contributed by atoms with Crippen LogP contribution in [-0.4, -0.2) is 75.0 Å². The summed E-state index contributed by atoms with van der Waals surface area (Å²) < 4.78 is 21.8. The molecule has 0 unspecified atom stereocenters. The maximum atomic E-state index is 5.68. The normalized spacial score (nSPS) is 12.1. The Kier molecular flexibility index (Phi) is 43.2. The number of halogens is 2. The summed E-state index contributed by atoms with van der Waals surface area (Å²) in [6.07, 6.45) is 61.2. The Bertz CT molecular complexity index is 7080. The average Bonchev–Trinajstić information content (AvgIpc) is 1.57. The summed E-state index contributed by atoms with van der Waals surface area (Å²) in [6, 6.07) is 71.2.